The van der Waals surface area contributed by atoms with Gasteiger partial charge < -0.3 is 5.73 Å². The van der Waals surface area contributed by atoms with Crippen LogP contribution in [-0.2, 0) is 0 Å². The van der Waals surface area contributed by atoms with Crippen LogP contribution in [0.2, 0.25) is 0 Å². The largest absolute Gasteiger partial charge is 0.368 e. The lowest BCUT2D eigenvalue weighted by Gasteiger charge is -1.95. The van der Waals surface area contributed by atoms with Gasteiger partial charge in [-0.15, -0.1) is 0 Å². The summed E-state index contributed by atoms with van der Waals surface area (Å²) in [7, 11) is 0. The minimum Gasteiger partial charge on any atom is -0.368 e. The van der Waals surface area contributed by atoms with Gasteiger partial charge in [0.15, 0.2) is 0 Å². The smallest absolute Gasteiger partial charge is 0.349 e. The summed E-state index contributed by atoms with van der Waals surface area (Å²) < 4.78 is 0. The van der Waals surface area contributed by atoms with E-state index in [1.807, 2.05) is 0 Å². The van der Waals surface area contributed by atoms with Crippen LogP contribution in [0.1, 0.15) is 0 Å². The number of hydrogen-bond acceptors (Lipinski definition) is 5. The Morgan fingerprint density at radius 1 is 1.38 bits per heavy atom. The van der Waals surface area contributed by atoms with Crippen molar-refractivity contribution in [2.75, 3.05) is 5.73 Å². The Morgan fingerprint density at radius 2 is 2.23 bits per heavy atom. The van der Waals surface area contributed by atoms with E-state index >= 15 is 0 Å². The number of rotatable bonds is 1. The molecule has 0 aliphatic heterocycles. The minimum atomic E-state index is -0.524. The molecule has 0 aromatic carbocycles. The summed E-state index contributed by atoms with van der Waals surface area (Å²) in [5.74, 6) is 0.297. The molecule has 0 bridgehead atoms. The summed E-state index contributed by atoms with van der Waals surface area (Å²) in [6.07, 6.45) is 3.12. The van der Waals surface area contributed by atoms with E-state index in [0.29, 0.717) is 11.4 Å². The number of nitrogens with two attached hydrogens (primary N) is 1. The molecule has 0 saturated carbocycles. The fourth-order valence-corrected chi connectivity index (χ4v) is 0.918. The van der Waals surface area contributed by atoms with Gasteiger partial charge in [-0.05, 0) is 0 Å². The topological polar surface area (TPSA) is 113 Å². The Hall–Kier alpha value is -2.18. The number of aromatic amines is 2. The zero-order valence-electron chi connectivity index (χ0n) is 6.48. The molecular formula is C6H6N6O. The Kier molecular flexibility index (Phi) is 1.55. The van der Waals surface area contributed by atoms with Gasteiger partial charge in [-0.2, -0.15) is 15.1 Å². The van der Waals surface area contributed by atoms with Crippen LogP contribution in [-0.4, -0.2) is 25.1 Å². The summed E-state index contributed by atoms with van der Waals surface area (Å²) >= 11 is 0. The van der Waals surface area contributed by atoms with Crippen molar-refractivity contribution < 1.29 is 0 Å². The summed E-state index contributed by atoms with van der Waals surface area (Å²) in [5.41, 5.74) is 5.43. The fourth-order valence-electron chi connectivity index (χ4n) is 0.918. The highest BCUT2D eigenvalue weighted by Crippen LogP contribution is 2.09. The molecule has 2 rings (SSSR count). The molecule has 2 aromatic heterocycles. The number of anilines is 1. The Bertz CT molecular complexity index is 458. The van der Waals surface area contributed by atoms with E-state index in [4.69, 9.17) is 5.73 Å². The van der Waals surface area contributed by atoms with Crippen LogP contribution < -0.4 is 11.4 Å². The van der Waals surface area contributed by atoms with Gasteiger partial charge in [0.1, 0.15) is 5.82 Å². The van der Waals surface area contributed by atoms with Gasteiger partial charge in [0.05, 0.1) is 11.8 Å². The Balaban J connectivity index is 2.59. The second kappa shape index (κ2) is 2.70. The fraction of sp³-hybridized carbons (Fsp3) is 0. The summed E-state index contributed by atoms with van der Waals surface area (Å²) in [6.45, 7) is 0. The van der Waals surface area contributed by atoms with Crippen LogP contribution in [0.25, 0.3) is 11.4 Å². The zero-order chi connectivity index (χ0) is 9.26. The summed E-state index contributed by atoms with van der Waals surface area (Å²) in [6, 6.07) is 0. The lowest BCUT2D eigenvalue weighted by Crippen LogP contribution is -2.15. The van der Waals surface area contributed by atoms with E-state index in [2.05, 4.69) is 25.1 Å². The van der Waals surface area contributed by atoms with Crippen molar-refractivity contribution >= 4 is 5.95 Å². The van der Waals surface area contributed by atoms with Gasteiger partial charge in [0.25, 0.3) is 0 Å². The molecule has 0 unspecified atom stereocenters. The molecule has 0 radical (unpaired) electrons. The summed E-state index contributed by atoms with van der Waals surface area (Å²) in [4.78, 5) is 20.5. The molecule has 0 spiro atoms. The average molecular weight is 178 g/mol. The van der Waals surface area contributed by atoms with Crippen molar-refractivity contribution in [2.24, 2.45) is 0 Å². The maximum Gasteiger partial charge on any atom is 0.349 e. The van der Waals surface area contributed by atoms with Crippen LogP contribution in [0, 0.1) is 0 Å². The standard InChI is InChI=1S/C6H6N6O/c7-5-10-4(11-6(13)12-5)3-1-8-9-2-3/h1-2H,(H,8,9)(H3,7,10,11,12,13). The van der Waals surface area contributed by atoms with Crippen molar-refractivity contribution in [3.63, 3.8) is 0 Å². The van der Waals surface area contributed by atoms with E-state index in [9.17, 15) is 4.79 Å². The second-order valence-corrected chi connectivity index (χ2v) is 2.35. The van der Waals surface area contributed by atoms with Gasteiger partial charge in [-0.3, -0.25) is 10.1 Å². The lowest BCUT2D eigenvalue weighted by molar-refractivity contribution is 1.01. The van der Waals surface area contributed by atoms with Crippen LogP contribution in [0.5, 0.6) is 0 Å². The number of nitrogens with one attached hydrogen (secondary N) is 2. The zero-order valence-corrected chi connectivity index (χ0v) is 6.48. The first kappa shape index (κ1) is 7.47. The van der Waals surface area contributed by atoms with Crippen LogP contribution in [0.15, 0.2) is 17.2 Å². The molecule has 2 heterocycles. The van der Waals surface area contributed by atoms with Gasteiger partial charge in [0, 0.05) is 6.20 Å². The van der Waals surface area contributed by atoms with E-state index in [-0.39, 0.29) is 5.95 Å². The van der Waals surface area contributed by atoms with Crippen molar-refractivity contribution in [2.45, 2.75) is 0 Å². The average Bonchev–Trinajstić information content (AvgIpc) is 2.53. The first-order valence-corrected chi connectivity index (χ1v) is 3.49. The number of nitrogen functional groups attached to an aromatic ring is 1. The third-order valence-corrected chi connectivity index (χ3v) is 1.44. The Morgan fingerprint density at radius 3 is 2.85 bits per heavy atom. The molecule has 0 fully saturated rings. The number of aromatic nitrogens is 5. The normalized spacial score (nSPS) is 10.2. The number of H-pyrrole nitrogens is 2. The van der Waals surface area contributed by atoms with Gasteiger partial charge in [-0.25, -0.2) is 4.79 Å². The molecule has 2 aromatic rings. The van der Waals surface area contributed by atoms with E-state index in [1.165, 1.54) is 6.20 Å². The molecule has 0 amide bonds. The van der Waals surface area contributed by atoms with Crippen LogP contribution in [0.4, 0.5) is 5.95 Å². The van der Waals surface area contributed by atoms with Crippen molar-refractivity contribution in [3.05, 3.63) is 22.9 Å². The second-order valence-electron chi connectivity index (χ2n) is 2.35. The van der Waals surface area contributed by atoms with Gasteiger partial charge in [0.2, 0.25) is 5.95 Å². The molecule has 0 aliphatic rings. The molecule has 0 atom stereocenters. The highest BCUT2D eigenvalue weighted by molar-refractivity contribution is 5.52. The van der Waals surface area contributed by atoms with Gasteiger partial charge in [-0.1, -0.05) is 0 Å². The Labute approximate surface area is 72.0 Å². The van der Waals surface area contributed by atoms with Crippen LogP contribution >= 0.6 is 0 Å². The maximum atomic E-state index is 10.9. The highest BCUT2D eigenvalue weighted by atomic mass is 16.1. The third-order valence-electron chi connectivity index (χ3n) is 1.44. The SMILES string of the molecule is Nc1nc(-c2cn[nH]c2)[nH]c(=O)n1. The quantitative estimate of drug-likeness (QED) is 0.525. The molecule has 0 saturated heterocycles. The number of hydrogen-bond donors (Lipinski definition) is 3. The van der Waals surface area contributed by atoms with Crippen molar-refractivity contribution in [1.82, 2.24) is 25.1 Å². The monoisotopic (exact) mass is 178 g/mol. The molecule has 7 heteroatoms. The predicted octanol–water partition coefficient (Wildman–Crippen LogP) is -0.863. The van der Waals surface area contributed by atoms with E-state index < -0.39 is 5.69 Å². The third kappa shape index (κ3) is 1.39. The molecule has 66 valence electrons. The molecule has 0 aliphatic carbocycles. The van der Waals surface area contributed by atoms with Crippen molar-refractivity contribution in [3.8, 4) is 11.4 Å². The lowest BCUT2D eigenvalue weighted by atomic mass is 10.3. The minimum absolute atomic E-state index is 0.0556. The predicted molar refractivity (Wildman–Crippen MR) is 44.6 cm³/mol. The van der Waals surface area contributed by atoms with E-state index in [1.54, 1.807) is 6.20 Å². The molecule has 4 N–H and O–H groups in total. The summed E-state index contributed by atoms with van der Waals surface area (Å²) in [5, 5.41) is 6.30. The first-order valence-electron chi connectivity index (χ1n) is 3.49. The van der Waals surface area contributed by atoms with Crippen LogP contribution in [0.3, 0.4) is 0 Å². The van der Waals surface area contributed by atoms with Crippen molar-refractivity contribution in [1.29, 1.82) is 0 Å². The first-order chi connectivity index (χ1) is 6.25. The molecule has 7 nitrogen and oxygen atoms in total. The maximum absolute atomic E-state index is 10.9. The highest BCUT2D eigenvalue weighted by Gasteiger charge is 2.02. The number of nitrogens with zero attached hydrogens (tertiary/aromatic N) is 3. The van der Waals surface area contributed by atoms with Gasteiger partial charge >= 0.3 is 5.69 Å². The molecule has 13 heavy (non-hydrogen) atoms. The van der Waals surface area contributed by atoms with E-state index in [0.717, 1.165) is 0 Å². The molecular weight excluding hydrogens is 172 g/mol.